The zero-order valence-corrected chi connectivity index (χ0v) is 17.1. The summed E-state index contributed by atoms with van der Waals surface area (Å²) in [7, 11) is 1.68. The highest BCUT2D eigenvalue weighted by Gasteiger charge is 2.23. The van der Waals surface area contributed by atoms with Gasteiger partial charge in [-0.3, -0.25) is 4.79 Å². The third-order valence-corrected chi connectivity index (χ3v) is 5.97. The van der Waals surface area contributed by atoms with E-state index >= 15 is 0 Å². The van der Waals surface area contributed by atoms with Gasteiger partial charge in [0.25, 0.3) is 5.91 Å². The van der Waals surface area contributed by atoms with Gasteiger partial charge in [-0.05, 0) is 49.2 Å². The molecule has 29 heavy (non-hydrogen) atoms. The third kappa shape index (κ3) is 4.81. The van der Waals surface area contributed by atoms with Gasteiger partial charge in [-0.25, -0.2) is 4.98 Å². The van der Waals surface area contributed by atoms with Crippen molar-refractivity contribution in [3.05, 3.63) is 48.2 Å². The average Bonchev–Trinajstić information content (AvgIpc) is 2.80. The summed E-state index contributed by atoms with van der Waals surface area (Å²) in [6, 6.07) is 12.3. The van der Waals surface area contributed by atoms with Crippen molar-refractivity contribution in [3.8, 4) is 5.75 Å². The lowest BCUT2D eigenvalue weighted by molar-refractivity contribution is 0.0746. The Morgan fingerprint density at radius 2 is 1.76 bits per heavy atom. The number of nitrogens with one attached hydrogen (secondary N) is 1. The van der Waals surface area contributed by atoms with E-state index in [1.807, 2.05) is 29.2 Å². The molecule has 1 N–H and O–H groups in total. The number of carbonyl (C=O) groups excluding carboxylic acids is 1. The van der Waals surface area contributed by atoms with Gasteiger partial charge < -0.3 is 19.9 Å². The monoisotopic (exact) mass is 394 g/mol. The van der Waals surface area contributed by atoms with Crippen molar-refractivity contribution < 1.29 is 9.53 Å². The second kappa shape index (κ2) is 9.16. The van der Waals surface area contributed by atoms with Gasteiger partial charge in [0, 0.05) is 49.7 Å². The molecule has 1 amide bonds. The molecule has 0 spiro atoms. The molecule has 0 atom stereocenters. The molecule has 1 aliphatic heterocycles. The molecule has 1 aliphatic carbocycles. The van der Waals surface area contributed by atoms with Crippen molar-refractivity contribution in [1.29, 1.82) is 0 Å². The number of aromatic nitrogens is 1. The van der Waals surface area contributed by atoms with Gasteiger partial charge in [0.2, 0.25) is 0 Å². The van der Waals surface area contributed by atoms with Gasteiger partial charge in [0.1, 0.15) is 11.6 Å². The first-order valence-electron chi connectivity index (χ1n) is 10.6. The van der Waals surface area contributed by atoms with Crippen LogP contribution in [0.2, 0.25) is 0 Å². The standard InChI is InChI=1S/C23H30N4O2/c1-29-21-9-7-20(8-10-21)26-13-15-27(16-14-26)23(28)18-11-12-24-22(17-18)25-19-5-3-2-4-6-19/h7-12,17,19H,2-6,13-16H2,1H3,(H,24,25). The minimum Gasteiger partial charge on any atom is -0.497 e. The number of rotatable bonds is 5. The Labute approximate surface area is 172 Å². The first kappa shape index (κ1) is 19.6. The van der Waals surface area contributed by atoms with Crippen molar-refractivity contribution in [2.75, 3.05) is 43.5 Å². The van der Waals surface area contributed by atoms with Crippen LogP contribution in [0.4, 0.5) is 11.5 Å². The van der Waals surface area contributed by atoms with E-state index in [0.717, 1.165) is 43.3 Å². The van der Waals surface area contributed by atoms with Crippen molar-refractivity contribution in [2.24, 2.45) is 0 Å². The lowest BCUT2D eigenvalue weighted by Gasteiger charge is -2.36. The van der Waals surface area contributed by atoms with E-state index in [-0.39, 0.29) is 5.91 Å². The van der Waals surface area contributed by atoms with E-state index in [0.29, 0.717) is 6.04 Å². The van der Waals surface area contributed by atoms with Crippen molar-refractivity contribution in [3.63, 3.8) is 0 Å². The van der Waals surface area contributed by atoms with E-state index in [9.17, 15) is 4.79 Å². The topological polar surface area (TPSA) is 57.7 Å². The summed E-state index contributed by atoms with van der Waals surface area (Å²) >= 11 is 0. The van der Waals surface area contributed by atoms with E-state index in [2.05, 4.69) is 27.3 Å². The number of pyridine rings is 1. The molecule has 0 radical (unpaired) electrons. The van der Waals surface area contributed by atoms with Crippen molar-refractivity contribution in [2.45, 2.75) is 38.1 Å². The number of anilines is 2. The van der Waals surface area contributed by atoms with Crippen LogP contribution in [0.5, 0.6) is 5.75 Å². The van der Waals surface area contributed by atoms with Crippen molar-refractivity contribution in [1.82, 2.24) is 9.88 Å². The molecular weight excluding hydrogens is 364 g/mol. The largest absolute Gasteiger partial charge is 0.497 e. The van der Waals surface area contributed by atoms with Crippen LogP contribution in [-0.4, -0.2) is 55.1 Å². The predicted octanol–water partition coefficient (Wildman–Crippen LogP) is 3.80. The van der Waals surface area contributed by atoms with Crippen LogP contribution in [0.25, 0.3) is 0 Å². The Kier molecular flexibility index (Phi) is 6.17. The van der Waals surface area contributed by atoms with Crippen LogP contribution in [0.1, 0.15) is 42.5 Å². The predicted molar refractivity (Wildman–Crippen MR) is 116 cm³/mol. The molecular formula is C23H30N4O2. The highest BCUT2D eigenvalue weighted by molar-refractivity contribution is 5.95. The molecule has 2 aliphatic rings. The number of hydrogen-bond donors (Lipinski definition) is 1. The molecule has 4 rings (SSSR count). The fourth-order valence-electron chi connectivity index (χ4n) is 4.24. The molecule has 1 saturated heterocycles. The van der Waals surface area contributed by atoms with Gasteiger partial charge in [-0.2, -0.15) is 0 Å². The first-order valence-corrected chi connectivity index (χ1v) is 10.6. The molecule has 6 nitrogen and oxygen atoms in total. The molecule has 1 saturated carbocycles. The van der Waals surface area contributed by atoms with E-state index in [1.165, 1.54) is 37.8 Å². The molecule has 2 heterocycles. The van der Waals surface area contributed by atoms with Crippen LogP contribution < -0.4 is 15.0 Å². The number of hydrogen-bond acceptors (Lipinski definition) is 5. The minimum absolute atomic E-state index is 0.0912. The summed E-state index contributed by atoms with van der Waals surface area (Å²) in [5.41, 5.74) is 1.89. The molecule has 2 aromatic rings. The van der Waals surface area contributed by atoms with Crippen LogP contribution >= 0.6 is 0 Å². The number of ether oxygens (including phenoxy) is 1. The summed E-state index contributed by atoms with van der Waals surface area (Å²) in [5, 5.41) is 3.52. The first-order chi connectivity index (χ1) is 14.2. The second-order valence-corrected chi connectivity index (χ2v) is 7.89. The van der Waals surface area contributed by atoms with Gasteiger partial charge in [0.05, 0.1) is 7.11 Å². The Balaban J connectivity index is 1.34. The third-order valence-electron chi connectivity index (χ3n) is 5.97. The number of amides is 1. The number of methoxy groups -OCH3 is 1. The smallest absolute Gasteiger partial charge is 0.254 e. The number of carbonyl (C=O) groups is 1. The Morgan fingerprint density at radius 1 is 1.03 bits per heavy atom. The Morgan fingerprint density at radius 3 is 2.45 bits per heavy atom. The number of nitrogens with zero attached hydrogens (tertiary/aromatic N) is 3. The molecule has 2 fully saturated rings. The van der Waals surface area contributed by atoms with Gasteiger partial charge in [-0.1, -0.05) is 19.3 Å². The van der Waals surface area contributed by atoms with Crippen molar-refractivity contribution >= 4 is 17.4 Å². The molecule has 6 heteroatoms. The van der Waals surface area contributed by atoms with Gasteiger partial charge in [0.15, 0.2) is 0 Å². The molecule has 1 aromatic carbocycles. The van der Waals surface area contributed by atoms with Crippen LogP contribution in [-0.2, 0) is 0 Å². The minimum atomic E-state index is 0.0912. The maximum absolute atomic E-state index is 13.0. The lowest BCUT2D eigenvalue weighted by Crippen LogP contribution is -2.48. The molecule has 0 bridgehead atoms. The van der Waals surface area contributed by atoms with Crippen LogP contribution in [0.3, 0.4) is 0 Å². The molecule has 1 aromatic heterocycles. The highest BCUT2D eigenvalue weighted by atomic mass is 16.5. The lowest BCUT2D eigenvalue weighted by atomic mass is 9.95. The molecule has 0 unspecified atom stereocenters. The zero-order valence-electron chi connectivity index (χ0n) is 17.1. The van der Waals surface area contributed by atoms with Gasteiger partial charge >= 0.3 is 0 Å². The quantitative estimate of drug-likeness (QED) is 0.836. The van der Waals surface area contributed by atoms with E-state index in [1.54, 1.807) is 13.3 Å². The average molecular weight is 395 g/mol. The van der Waals surface area contributed by atoms with Crippen LogP contribution in [0, 0.1) is 0 Å². The summed E-state index contributed by atoms with van der Waals surface area (Å²) in [4.78, 5) is 21.7. The molecule has 154 valence electrons. The fourth-order valence-corrected chi connectivity index (χ4v) is 4.24. The number of benzene rings is 1. The van der Waals surface area contributed by atoms with E-state index < -0.39 is 0 Å². The normalized spacial score (nSPS) is 17.8. The summed E-state index contributed by atoms with van der Waals surface area (Å²) in [6.07, 6.45) is 7.99. The summed E-state index contributed by atoms with van der Waals surface area (Å²) in [6.45, 7) is 3.10. The second-order valence-electron chi connectivity index (χ2n) is 7.89. The van der Waals surface area contributed by atoms with E-state index in [4.69, 9.17) is 4.74 Å². The Bertz CT molecular complexity index is 810. The highest BCUT2D eigenvalue weighted by Crippen LogP contribution is 2.23. The van der Waals surface area contributed by atoms with Gasteiger partial charge in [-0.15, -0.1) is 0 Å². The van der Waals surface area contributed by atoms with Crippen LogP contribution in [0.15, 0.2) is 42.6 Å². The maximum Gasteiger partial charge on any atom is 0.254 e. The Hall–Kier alpha value is -2.76. The summed E-state index contributed by atoms with van der Waals surface area (Å²) in [5.74, 6) is 1.77. The fraction of sp³-hybridized carbons (Fsp3) is 0.478. The zero-order chi connectivity index (χ0) is 20.1. The number of piperazine rings is 1. The maximum atomic E-state index is 13.0. The SMILES string of the molecule is COc1ccc(N2CCN(C(=O)c3ccnc(NC4CCCCC4)c3)CC2)cc1. The summed E-state index contributed by atoms with van der Waals surface area (Å²) < 4.78 is 5.23.